The number of nitrogens with two attached hydrogens (primary N) is 1. The van der Waals surface area contributed by atoms with Gasteiger partial charge in [0.25, 0.3) is 0 Å². The zero-order valence-electron chi connectivity index (χ0n) is 11.9. The van der Waals surface area contributed by atoms with Crippen LogP contribution in [0.25, 0.3) is 6.08 Å². The van der Waals surface area contributed by atoms with E-state index < -0.39 is 0 Å². The number of aliphatic imine (C=N–C) groups is 1. The van der Waals surface area contributed by atoms with Crippen molar-refractivity contribution < 1.29 is 4.74 Å². The Balaban J connectivity index is 2.45. The van der Waals surface area contributed by atoms with E-state index in [2.05, 4.69) is 37.3 Å². The maximum atomic E-state index is 6.12. The lowest BCUT2D eigenvalue weighted by molar-refractivity contribution is 0.120. The molecule has 0 amide bonds. The molecule has 102 valence electrons. The first-order valence-electron chi connectivity index (χ1n) is 6.49. The fourth-order valence-corrected chi connectivity index (χ4v) is 2.24. The number of nitrogens with zero attached hydrogens (tertiary/aromatic N) is 1. The van der Waals surface area contributed by atoms with Crippen LogP contribution in [-0.4, -0.2) is 18.5 Å². The number of hydrogen-bond acceptors (Lipinski definition) is 3. The average molecular weight is 259 g/mol. The molecule has 1 aliphatic heterocycles. The smallest absolute Gasteiger partial charge is 0.142 e. The lowest BCUT2D eigenvalue weighted by atomic mass is 9.89. The molecule has 1 aliphatic rings. The molecule has 0 aromatic heterocycles. The number of ether oxygens (including phenoxy) is 1. The predicted octanol–water partition coefficient (Wildman–Crippen LogP) is 2.49. The summed E-state index contributed by atoms with van der Waals surface area (Å²) in [6.07, 6.45) is 3.12. The standard InChI is InChI=1S/C15H21N3O/c1-5-15(3)10(2)8-12-9-11(14(17-4)18-16)6-7-13(12)19-15/h6-9H,5,16H2,1-4H3,(H,17,18). The Bertz CT molecular complexity index is 548. The van der Waals surface area contributed by atoms with E-state index in [1.165, 1.54) is 5.57 Å². The first-order chi connectivity index (χ1) is 9.04. The SMILES string of the molecule is CCC1(C)Oc2ccc(C(=NC)NN)cc2C=C1C. The molecule has 0 radical (unpaired) electrons. The highest BCUT2D eigenvalue weighted by Gasteiger charge is 2.30. The van der Waals surface area contributed by atoms with Crippen LogP contribution in [-0.2, 0) is 0 Å². The summed E-state index contributed by atoms with van der Waals surface area (Å²) in [7, 11) is 1.71. The summed E-state index contributed by atoms with van der Waals surface area (Å²) >= 11 is 0. The second-order valence-electron chi connectivity index (χ2n) is 4.98. The number of amidine groups is 1. The Kier molecular flexibility index (Phi) is 3.62. The summed E-state index contributed by atoms with van der Waals surface area (Å²) in [5.41, 5.74) is 5.65. The second-order valence-corrected chi connectivity index (χ2v) is 4.98. The van der Waals surface area contributed by atoms with Crippen molar-refractivity contribution in [1.82, 2.24) is 5.43 Å². The van der Waals surface area contributed by atoms with Gasteiger partial charge in [0.2, 0.25) is 0 Å². The summed E-state index contributed by atoms with van der Waals surface area (Å²) in [5, 5.41) is 0. The molecule has 0 bridgehead atoms. The van der Waals surface area contributed by atoms with Crippen LogP contribution in [0.1, 0.15) is 38.3 Å². The van der Waals surface area contributed by atoms with Gasteiger partial charge >= 0.3 is 0 Å². The zero-order chi connectivity index (χ0) is 14.0. The van der Waals surface area contributed by atoms with Crippen molar-refractivity contribution in [1.29, 1.82) is 0 Å². The van der Waals surface area contributed by atoms with Crippen LogP contribution in [0, 0.1) is 0 Å². The lowest BCUT2D eigenvalue weighted by Crippen LogP contribution is -2.35. The molecule has 0 spiro atoms. The van der Waals surface area contributed by atoms with Gasteiger partial charge in [-0.2, -0.15) is 0 Å². The summed E-state index contributed by atoms with van der Waals surface area (Å²) < 4.78 is 6.12. The third-order valence-corrected chi connectivity index (χ3v) is 3.86. The Hall–Kier alpha value is -1.81. The molecule has 19 heavy (non-hydrogen) atoms. The van der Waals surface area contributed by atoms with E-state index in [1.807, 2.05) is 18.2 Å². The van der Waals surface area contributed by atoms with E-state index in [0.29, 0.717) is 5.84 Å². The average Bonchev–Trinajstić information content (AvgIpc) is 2.42. The molecule has 0 fully saturated rings. The van der Waals surface area contributed by atoms with Gasteiger partial charge in [-0.15, -0.1) is 0 Å². The van der Waals surface area contributed by atoms with Crippen LogP contribution < -0.4 is 16.0 Å². The van der Waals surface area contributed by atoms with Crippen molar-refractivity contribution in [3.63, 3.8) is 0 Å². The summed E-state index contributed by atoms with van der Waals surface area (Å²) in [6, 6.07) is 5.98. The van der Waals surface area contributed by atoms with E-state index in [1.54, 1.807) is 7.05 Å². The van der Waals surface area contributed by atoms with Gasteiger partial charge in [0.1, 0.15) is 17.2 Å². The summed E-state index contributed by atoms with van der Waals surface area (Å²) in [6.45, 7) is 6.36. The molecule has 4 nitrogen and oxygen atoms in total. The first kappa shape index (κ1) is 13.6. The molecule has 2 rings (SSSR count). The Labute approximate surface area is 114 Å². The monoisotopic (exact) mass is 259 g/mol. The van der Waals surface area contributed by atoms with Gasteiger partial charge in [-0.05, 0) is 50.1 Å². The van der Waals surface area contributed by atoms with Crippen molar-refractivity contribution in [3.8, 4) is 5.75 Å². The highest BCUT2D eigenvalue weighted by atomic mass is 16.5. The van der Waals surface area contributed by atoms with Gasteiger partial charge in [-0.1, -0.05) is 6.92 Å². The van der Waals surface area contributed by atoms with Gasteiger partial charge in [0, 0.05) is 18.2 Å². The van der Waals surface area contributed by atoms with Gasteiger partial charge in [0.05, 0.1) is 0 Å². The molecule has 3 N–H and O–H groups in total. The molecule has 4 heteroatoms. The Morgan fingerprint density at radius 3 is 2.79 bits per heavy atom. The van der Waals surface area contributed by atoms with E-state index >= 15 is 0 Å². The van der Waals surface area contributed by atoms with E-state index in [0.717, 1.165) is 23.3 Å². The minimum atomic E-state index is -0.206. The number of benzene rings is 1. The Morgan fingerprint density at radius 2 is 2.21 bits per heavy atom. The van der Waals surface area contributed by atoms with E-state index in [4.69, 9.17) is 10.6 Å². The molecule has 1 unspecified atom stereocenters. The van der Waals surface area contributed by atoms with Crippen molar-refractivity contribution in [3.05, 3.63) is 34.9 Å². The minimum absolute atomic E-state index is 0.206. The van der Waals surface area contributed by atoms with Gasteiger partial charge in [-0.25, -0.2) is 5.84 Å². The van der Waals surface area contributed by atoms with Gasteiger partial charge < -0.3 is 10.2 Å². The lowest BCUT2D eigenvalue weighted by Gasteiger charge is -2.35. The van der Waals surface area contributed by atoms with Crippen LogP contribution in [0.2, 0.25) is 0 Å². The maximum Gasteiger partial charge on any atom is 0.142 e. The topological polar surface area (TPSA) is 59.6 Å². The summed E-state index contributed by atoms with van der Waals surface area (Å²) in [5.74, 6) is 7.03. The molecule has 1 atom stereocenters. The number of fused-ring (bicyclic) bond motifs is 1. The normalized spacial score (nSPS) is 22.4. The predicted molar refractivity (Wildman–Crippen MR) is 79.2 cm³/mol. The number of hydrazine groups is 1. The van der Waals surface area contributed by atoms with Crippen molar-refractivity contribution in [2.45, 2.75) is 32.8 Å². The molecular formula is C15H21N3O. The van der Waals surface area contributed by atoms with Crippen molar-refractivity contribution in [2.24, 2.45) is 10.8 Å². The quantitative estimate of drug-likeness (QED) is 0.371. The van der Waals surface area contributed by atoms with Crippen LogP contribution >= 0.6 is 0 Å². The first-order valence-corrected chi connectivity index (χ1v) is 6.49. The maximum absolute atomic E-state index is 6.12. The van der Waals surface area contributed by atoms with Crippen LogP contribution in [0.3, 0.4) is 0 Å². The zero-order valence-corrected chi connectivity index (χ0v) is 11.9. The number of hydrogen-bond donors (Lipinski definition) is 2. The third-order valence-electron chi connectivity index (χ3n) is 3.86. The second kappa shape index (κ2) is 5.05. The molecule has 0 saturated heterocycles. The third kappa shape index (κ3) is 2.36. The highest BCUT2D eigenvalue weighted by Crippen LogP contribution is 2.37. The molecule has 1 heterocycles. The highest BCUT2D eigenvalue weighted by molar-refractivity contribution is 5.99. The van der Waals surface area contributed by atoms with Crippen LogP contribution in [0.15, 0.2) is 28.8 Å². The minimum Gasteiger partial charge on any atom is -0.483 e. The Morgan fingerprint density at radius 1 is 1.47 bits per heavy atom. The van der Waals surface area contributed by atoms with E-state index in [-0.39, 0.29) is 5.60 Å². The molecule has 0 saturated carbocycles. The molecular weight excluding hydrogens is 238 g/mol. The van der Waals surface area contributed by atoms with Gasteiger partial charge in [0.15, 0.2) is 0 Å². The fourth-order valence-electron chi connectivity index (χ4n) is 2.24. The van der Waals surface area contributed by atoms with Gasteiger partial charge in [-0.3, -0.25) is 4.99 Å². The van der Waals surface area contributed by atoms with Crippen molar-refractivity contribution >= 4 is 11.9 Å². The number of rotatable bonds is 2. The largest absolute Gasteiger partial charge is 0.483 e. The molecule has 1 aromatic carbocycles. The van der Waals surface area contributed by atoms with E-state index in [9.17, 15) is 0 Å². The fraction of sp³-hybridized carbons (Fsp3) is 0.400. The molecule has 0 aliphatic carbocycles. The van der Waals surface area contributed by atoms with Crippen LogP contribution in [0.4, 0.5) is 0 Å². The molecule has 1 aromatic rings. The van der Waals surface area contributed by atoms with Crippen LogP contribution in [0.5, 0.6) is 5.75 Å². The summed E-state index contributed by atoms with van der Waals surface area (Å²) in [4.78, 5) is 4.11. The van der Waals surface area contributed by atoms with Crippen molar-refractivity contribution in [2.75, 3.05) is 7.05 Å². The number of nitrogens with one attached hydrogen (secondary N) is 1.